The van der Waals surface area contributed by atoms with Crippen LogP contribution in [0.5, 0.6) is 0 Å². The lowest BCUT2D eigenvalue weighted by atomic mass is 9.90. The molecule has 0 atom stereocenters. The van der Waals surface area contributed by atoms with Crippen molar-refractivity contribution < 1.29 is 0 Å². The summed E-state index contributed by atoms with van der Waals surface area (Å²) in [5, 5.41) is 7.74. The summed E-state index contributed by atoms with van der Waals surface area (Å²) in [5.41, 5.74) is 10.5. The summed E-state index contributed by atoms with van der Waals surface area (Å²) in [5.74, 6) is 0. The Labute approximate surface area is 228 Å². The quantitative estimate of drug-likeness (QED) is 0.214. The highest BCUT2D eigenvalue weighted by Gasteiger charge is 2.16. The Hall–Kier alpha value is -4.94. The molecule has 0 bridgehead atoms. The van der Waals surface area contributed by atoms with E-state index in [9.17, 15) is 0 Å². The largest absolute Gasteiger partial charge is 0.0622 e. The molecule has 0 unspecified atom stereocenters. The summed E-state index contributed by atoms with van der Waals surface area (Å²) in [7, 11) is 0. The van der Waals surface area contributed by atoms with Crippen LogP contribution < -0.4 is 0 Å². The molecule has 0 N–H and O–H groups in total. The van der Waals surface area contributed by atoms with Crippen LogP contribution in [0, 0.1) is 0 Å². The lowest BCUT2D eigenvalue weighted by Gasteiger charge is -2.14. The van der Waals surface area contributed by atoms with Gasteiger partial charge in [-0.25, -0.2) is 0 Å². The van der Waals surface area contributed by atoms with Crippen LogP contribution in [0.15, 0.2) is 140 Å². The van der Waals surface area contributed by atoms with Gasteiger partial charge in [-0.1, -0.05) is 133 Å². The van der Waals surface area contributed by atoms with Crippen LogP contribution in [-0.4, -0.2) is 0 Å². The van der Waals surface area contributed by atoms with E-state index in [4.69, 9.17) is 0 Å². The highest BCUT2D eigenvalue weighted by atomic mass is 14.2. The summed E-state index contributed by atoms with van der Waals surface area (Å²) in [6.07, 6.45) is 3.36. The number of hydrogen-bond donors (Lipinski definition) is 0. The summed E-state index contributed by atoms with van der Waals surface area (Å²) in [6.45, 7) is 0. The zero-order chi connectivity index (χ0) is 25.8. The second kappa shape index (κ2) is 8.82. The van der Waals surface area contributed by atoms with Crippen molar-refractivity contribution in [1.29, 1.82) is 0 Å². The monoisotopic (exact) mass is 494 g/mol. The van der Waals surface area contributed by atoms with Crippen molar-refractivity contribution in [2.45, 2.75) is 6.42 Å². The minimum atomic E-state index is 0.996. The molecule has 1 aliphatic rings. The first-order chi connectivity index (χ1) is 19.3. The highest BCUT2D eigenvalue weighted by Crippen LogP contribution is 2.40. The minimum Gasteiger partial charge on any atom is -0.0622 e. The van der Waals surface area contributed by atoms with Gasteiger partial charge < -0.3 is 0 Å². The van der Waals surface area contributed by atoms with Crippen molar-refractivity contribution in [3.63, 3.8) is 0 Å². The Morgan fingerprint density at radius 2 is 0.974 bits per heavy atom. The van der Waals surface area contributed by atoms with Crippen molar-refractivity contribution >= 4 is 44.0 Å². The molecule has 1 aliphatic carbocycles. The number of allylic oxidation sites excluding steroid dienone is 1. The van der Waals surface area contributed by atoms with Crippen LogP contribution in [0.25, 0.3) is 66.2 Å². The zero-order valence-electron chi connectivity index (χ0n) is 21.6. The van der Waals surface area contributed by atoms with Crippen LogP contribution in [0.4, 0.5) is 0 Å². The van der Waals surface area contributed by atoms with Gasteiger partial charge >= 0.3 is 0 Å². The van der Waals surface area contributed by atoms with Crippen LogP contribution in [0.2, 0.25) is 0 Å². The fraction of sp³-hybridized carbons (Fsp3) is 0.0256. The third-order valence-corrected chi connectivity index (χ3v) is 8.29. The first kappa shape index (κ1) is 22.1. The van der Waals surface area contributed by atoms with Crippen molar-refractivity contribution in [1.82, 2.24) is 0 Å². The summed E-state index contributed by atoms with van der Waals surface area (Å²) < 4.78 is 0. The summed E-state index contributed by atoms with van der Waals surface area (Å²) in [4.78, 5) is 0. The van der Waals surface area contributed by atoms with Crippen molar-refractivity contribution in [2.24, 2.45) is 0 Å². The van der Waals surface area contributed by atoms with Gasteiger partial charge in [0.1, 0.15) is 0 Å². The van der Waals surface area contributed by atoms with E-state index in [0.717, 1.165) is 6.42 Å². The van der Waals surface area contributed by atoms with E-state index >= 15 is 0 Å². The molecule has 39 heavy (non-hydrogen) atoms. The maximum atomic E-state index is 2.37. The average molecular weight is 495 g/mol. The average Bonchev–Trinajstić information content (AvgIpc) is 3.44. The summed E-state index contributed by atoms with van der Waals surface area (Å²) >= 11 is 0. The molecule has 0 radical (unpaired) electrons. The zero-order valence-corrected chi connectivity index (χ0v) is 21.6. The topological polar surface area (TPSA) is 0 Å². The Kier molecular flexibility index (Phi) is 5.00. The van der Waals surface area contributed by atoms with Gasteiger partial charge in [-0.3, -0.25) is 0 Å². The first-order valence-electron chi connectivity index (χ1n) is 13.6. The van der Waals surface area contributed by atoms with Gasteiger partial charge in [-0.15, -0.1) is 0 Å². The SMILES string of the molecule is C1=C(c2ccccc2)Cc2ccc(-c3ccc(-c4ccc5ccc6ccccc6c5c4)c4ccccc34)cc21. The number of hydrogen-bond acceptors (Lipinski definition) is 0. The highest BCUT2D eigenvalue weighted by molar-refractivity contribution is 6.11. The maximum absolute atomic E-state index is 2.37. The van der Waals surface area contributed by atoms with E-state index in [2.05, 4.69) is 146 Å². The Balaban J connectivity index is 1.26. The molecule has 0 heterocycles. The molecule has 0 amide bonds. The number of rotatable bonds is 3. The predicted molar refractivity (Wildman–Crippen MR) is 168 cm³/mol. The smallest absolute Gasteiger partial charge is 0.00137 e. The predicted octanol–water partition coefficient (Wildman–Crippen LogP) is 10.6. The summed E-state index contributed by atoms with van der Waals surface area (Å²) in [6, 6.07) is 51.2. The van der Waals surface area contributed by atoms with Gasteiger partial charge in [0.05, 0.1) is 0 Å². The molecule has 0 fully saturated rings. The lowest BCUT2D eigenvalue weighted by Crippen LogP contribution is -1.89. The minimum absolute atomic E-state index is 0.996. The standard InChI is InChI=1S/C39H26/c1-2-8-26(9-3-1)32-22-29-17-19-30(23-33(29)24-32)35-20-21-36(38-13-7-6-12-37(35)38)31-18-16-28-15-14-27-10-4-5-11-34(27)39(28)25-31/h1-21,23-25H,22H2. The van der Waals surface area contributed by atoms with Crippen LogP contribution in [0.3, 0.4) is 0 Å². The van der Waals surface area contributed by atoms with Gasteiger partial charge in [0, 0.05) is 0 Å². The molecular formula is C39H26. The third-order valence-electron chi connectivity index (χ3n) is 8.29. The normalized spacial score (nSPS) is 12.7. The van der Waals surface area contributed by atoms with Gasteiger partial charge in [0.15, 0.2) is 0 Å². The molecule has 7 aromatic carbocycles. The molecule has 0 aliphatic heterocycles. The first-order valence-corrected chi connectivity index (χ1v) is 13.6. The molecular weight excluding hydrogens is 468 g/mol. The van der Waals surface area contributed by atoms with E-state index in [0.29, 0.717) is 0 Å². The molecule has 0 saturated carbocycles. The third kappa shape index (κ3) is 3.68. The van der Waals surface area contributed by atoms with Gasteiger partial charge in [0.2, 0.25) is 0 Å². The van der Waals surface area contributed by atoms with Crippen LogP contribution in [0.1, 0.15) is 16.7 Å². The van der Waals surface area contributed by atoms with E-state index in [1.54, 1.807) is 0 Å². The molecule has 0 aromatic heterocycles. The Bertz CT molecular complexity index is 2080. The van der Waals surface area contributed by atoms with Crippen LogP contribution in [-0.2, 0) is 6.42 Å². The van der Waals surface area contributed by atoms with E-state index in [-0.39, 0.29) is 0 Å². The fourth-order valence-electron chi connectivity index (χ4n) is 6.31. The van der Waals surface area contributed by atoms with Crippen molar-refractivity contribution in [3.8, 4) is 22.3 Å². The Morgan fingerprint density at radius 3 is 1.74 bits per heavy atom. The molecule has 0 heteroatoms. The van der Waals surface area contributed by atoms with Crippen LogP contribution >= 0.6 is 0 Å². The van der Waals surface area contributed by atoms with E-state index in [1.807, 2.05) is 0 Å². The van der Waals surface area contributed by atoms with E-state index in [1.165, 1.54) is 76.8 Å². The van der Waals surface area contributed by atoms with Gasteiger partial charge in [-0.05, 0) is 95.4 Å². The maximum Gasteiger partial charge on any atom is -0.00137 e. The lowest BCUT2D eigenvalue weighted by molar-refractivity contribution is 1.32. The van der Waals surface area contributed by atoms with Crippen molar-refractivity contribution in [3.05, 3.63) is 156 Å². The van der Waals surface area contributed by atoms with Gasteiger partial charge in [-0.2, -0.15) is 0 Å². The fourth-order valence-corrected chi connectivity index (χ4v) is 6.31. The number of benzene rings is 7. The number of fused-ring (bicyclic) bond motifs is 5. The molecule has 0 saturated heterocycles. The second-order valence-corrected chi connectivity index (χ2v) is 10.6. The molecule has 7 aromatic rings. The van der Waals surface area contributed by atoms with Gasteiger partial charge in [0.25, 0.3) is 0 Å². The van der Waals surface area contributed by atoms with E-state index < -0.39 is 0 Å². The molecule has 0 spiro atoms. The second-order valence-electron chi connectivity index (χ2n) is 10.6. The Morgan fingerprint density at radius 1 is 0.385 bits per heavy atom. The molecule has 0 nitrogen and oxygen atoms in total. The molecule has 182 valence electrons. The molecule has 8 rings (SSSR count). The van der Waals surface area contributed by atoms with Crippen molar-refractivity contribution in [2.75, 3.05) is 0 Å².